The van der Waals surface area contributed by atoms with Gasteiger partial charge in [-0.1, -0.05) is 36.4 Å². The number of ether oxygens (including phenoxy) is 1. The number of nitrogens with zero attached hydrogens (tertiary/aromatic N) is 2. The van der Waals surface area contributed by atoms with Gasteiger partial charge in [-0.05, 0) is 35.9 Å². The summed E-state index contributed by atoms with van der Waals surface area (Å²) in [5, 5.41) is 2.36. The molecule has 1 heterocycles. The molecule has 12 heteroatoms. The van der Waals surface area contributed by atoms with Crippen LogP contribution in [-0.2, 0) is 24.1 Å². The molecule has 0 saturated carbocycles. The number of nitrogens with one attached hydrogen (secondary N) is 1. The van der Waals surface area contributed by atoms with Gasteiger partial charge in [0, 0.05) is 16.8 Å². The molecule has 7 nitrogen and oxygen atoms in total. The number of hydrogen-bond acceptors (Lipinski definition) is 6. The summed E-state index contributed by atoms with van der Waals surface area (Å²) in [6.07, 6.45) is -4.92. The van der Waals surface area contributed by atoms with Gasteiger partial charge in [-0.2, -0.15) is 13.2 Å². The van der Waals surface area contributed by atoms with Gasteiger partial charge in [-0.25, -0.2) is 18.7 Å². The minimum atomic E-state index is -4.92. The third-order valence-electron chi connectivity index (χ3n) is 5.39. The van der Waals surface area contributed by atoms with Crippen molar-refractivity contribution in [1.82, 2.24) is 9.97 Å². The zero-order valence-corrected chi connectivity index (χ0v) is 19.5. The Morgan fingerprint density at radius 1 is 0.895 bits per heavy atom. The lowest BCUT2D eigenvalue weighted by Gasteiger charge is -2.13. The lowest BCUT2D eigenvalue weighted by atomic mass is 10.1. The highest BCUT2D eigenvalue weighted by atomic mass is 19.4. The van der Waals surface area contributed by atoms with Crippen LogP contribution in [0.2, 0.25) is 0 Å². The summed E-state index contributed by atoms with van der Waals surface area (Å²) < 4.78 is 74.3. The Balaban J connectivity index is 1.50. The molecule has 0 spiro atoms. The van der Waals surface area contributed by atoms with E-state index in [2.05, 4.69) is 15.3 Å². The highest BCUT2D eigenvalue weighted by Gasteiger charge is 2.37. The largest absolute Gasteiger partial charge is 0.435 e. The summed E-state index contributed by atoms with van der Waals surface area (Å²) in [4.78, 5) is 19.8. The molecule has 0 unspecified atom stereocenters. The van der Waals surface area contributed by atoms with Gasteiger partial charge in [0.25, 0.3) is 5.91 Å². The quantitative estimate of drug-likeness (QED) is 0.270. The van der Waals surface area contributed by atoms with E-state index in [1.165, 1.54) is 12.1 Å². The maximum Gasteiger partial charge on any atom is 0.435 e. The van der Waals surface area contributed by atoms with Crippen LogP contribution in [-0.4, -0.2) is 15.9 Å². The van der Waals surface area contributed by atoms with Crippen molar-refractivity contribution in [2.75, 3.05) is 16.8 Å². The van der Waals surface area contributed by atoms with E-state index in [0.29, 0.717) is 0 Å². The summed E-state index contributed by atoms with van der Waals surface area (Å²) in [6, 6.07) is 16.1. The van der Waals surface area contributed by atoms with Crippen molar-refractivity contribution in [3.63, 3.8) is 0 Å². The average Bonchev–Trinajstić information content (AvgIpc) is 2.87. The molecule has 0 atom stereocenters. The first-order chi connectivity index (χ1) is 18.0. The molecule has 0 bridgehead atoms. The monoisotopic (exact) mass is 529 g/mol. The number of hydrogen-bond donors (Lipinski definition) is 3. The lowest BCUT2D eigenvalue weighted by molar-refractivity contribution is -0.140. The Hall–Kier alpha value is -4.58. The smallest absolute Gasteiger partial charge is 0.394 e. The topological polar surface area (TPSA) is 116 Å². The van der Waals surface area contributed by atoms with Gasteiger partial charge in [-0.15, -0.1) is 0 Å². The Kier molecular flexibility index (Phi) is 7.53. The summed E-state index contributed by atoms with van der Waals surface area (Å²) >= 11 is 0. The fourth-order valence-electron chi connectivity index (χ4n) is 3.46. The summed E-state index contributed by atoms with van der Waals surface area (Å²) in [5.74, 6) is -3.74. The molecule has 196 valence electrons. The summed E-state index contributed by atoms with van der Waals surface area (Å²) in [6.45, 7) is 0.262. The molecule has 3 aromatic carbocycles. The molecule has 0 aliphatic rings. The molecule has 1 aromatic heterocycles. The van der Waals surface area contributed by atoms with Crippen LogP contribution in [0.15, 0.2) is 66.7 Å². The summed E-state index contributed by atoms with van der Waals surface area (Å²) in [7, 11) is 0. The number of nitrogen functional groups attached to an aromatic ring is 2. The molecule has 4 aromatic rings. The number of aromatic nitrogens is 2. The van der Waals surface area contributed by atoms with E-state index in [4.69, 9.17) is 16.2 Å². The van der Waals surface area contributed by atoms with E-state index in [1.807, 2.05) is 30.3 Å². The Morgan fingerprint density at radius 2 is 1.63 bits per heavy atom. The highest BCUT2D eigenvalue weighted by molar-refractivity contribution is 6.05. The number of carbonyl (C=O) groups excluding carboxylic acids is 1. The normalized spacial score (nSPS) is 11.4. The fraction of sp³-hybridized carbons (Fsp3) is 0.115. The van der Waals surface area contributed by atoms with Crippen LogP contribution < -0.4 is 16.8 Å². The molecule has 0 saturated heterocycles. The van der Waals surface area contributed by atoms with E-state index in [9.17, 15) is 26.7 Å². The molecule has 0 aliphatic carbocycles. The zero-order chi connectivity index (χ0) is 27.4. The Bertz CT molecular complexity index is 1480. The minimum Gasteiger partial charge on any atom is -0.394 e. The van der Waals surface area contributed by atoms with Gasteiger partial charge < -0.3 is 21.5 Å². The predicted molar refractivity (Wildman–Crippen MR) is 131 cm³/mol. The maximum absolute atomic E-state index is 14.6. The van der Waals surface area contributed by atoms with Gasteiger partial charge in [0.1, 0.15) is 17.3 Å². The molecule has 0 fully saturated rings. The first-order valence-electron chi connectivity index (χ1n) is 11.0. The number of anilines is 3. The van der Waals surface area contributed by atoms with Crippen LogP contribution in [0.25, 0.3) is 11.4 Å². The molecule has 5 N–H and O–H groups in total. The van der Waals surface area contributed by atoms with Gasteiger partial charge in [0.15, 0.2) is 17.3 Å². The molecule has 0 radical (unpaired) electrons. The molecule has 1 amide bonds. The van der Waals surface area contributed by atoms with Gasteiger partial charge in [0.05, 0.1) is 18.8 Å². The highest BCUT2D eigenvalue weighted by Crippen LogP contribution is 2.35. The minimum absolute atomic E-state index is 0.0176. The Morgan fingerprint density at radius 3 is 2.32 bits per heavy atom. The first-order valence-corrected chi connectivity index (χ1v) is 11.0. The second-order valence-electron chi connectivity index (χ2n) is 8.13. The number of benzene rings is 3. The van der Waals surface area contributed by atoms with Crippen molar-refractivity contribution in [3.05, 3.63) is 101 Å². The molecular weight excluding hydrogens is 509 g/mol. The third-order valence-corrected chi connectivity index (χ3v) is 5.39. The van der Waals surface area contributed by atoms with E-state index >= 15 is 0 Å². The van der Waals surface area contributed by atoms with Gasteiger partial charge in [0.2, 0.25) is 0 Å². The van der Waals surface area contributed by atoms with Crippen LogP contribution in [0.1, 0.15) is 27.2 Å². The molecular formula is C26H20F5N5O2. The van der Waals surface area contributed by atoms with Crippen molar-refractivity contribution in [2.24, 2.45) is 0 Å². The predicted octanol–water partition coefficient (Wildman–Crippen LogP) is 5.57. The molecule has 0 aliphatic heterocycles. The van der Waals surface area contributed by atoms with Crippen LogP contribution in [0, 0.1) is 11.6 Å². The first kappa shape index (κ1) is 26.5. The van der Waals surface area contributed by atoms with Crippen LogP contribution in [0.3, 0.4) is 0 Å². The number of amides is 1. The number of carbonyl (C=O) groups is 1. The van der Waals surface area contributed by atoms with E-state index in [-0.39, 0.29) is 30.0 Å². The third kappa shape index (κ3) is 6.03. The maximum atomic E-state index is 14.6. The zero-order valence-electron chi connectivity index (χ0n) is 19.5. The average molecular weight is 529 g/mol. The Labute approximate surface area is 213 Å². The second kappa shape index (κ2) is 10.8. The van der Waals surface area contributed by atoms with Gasteiger partial charge >= 0.3 is 6.18 Å². The van der Waals surface area contributed by atoms with Crippen molar-refractivity contribution < 1.29 is 31.5 Å². The number of rotatable bonds is 7. The standard InChI is InChI=1S/C26H20F5N5O2/c27-19-9-7-15(24-35-22(26(29,30)31)21(32)23(33)36-24)10-18(19)25(37)34-17-8-6-16(20(28)11-17)13-38-12-14-4-2-1-3-5-14/h1-11H,12-13,32H2,(H,34,37)(H2,33,35,36). The van der Waals surface area contributed by atoms with E-state index < -0.39 is 52.3 Å². The van der Waals surface area contributed by atoms with Gasteiger partial charge in [-0.3, -0.25) is 4.79 Å². The number of nitrogens with two attached hydrogens (primary N) is 2. The van der Waals surface area contributed by atoms with Crippen molar-refractivity contribution in [3.8, 4) is 11.4 Å². The molecule has 4 rings (SSSR count). The number of halogens is 5. The molecule has 38 heavy (non-hydrogen) atoms. The van der Waals surface area contributed by atoms with Crippen molar-refractivity contribution in [1.29, 1.82) is 0 Å². The summed E-state index contributed by atoms with van der Waals surface area (Å²) in [5.41, 5.74) is 9.07. The number of alkyl halides is 3. The van der Waals surface area contributed by atoms with Crippen molar-refractivity contribution in [2.45, 2.75) is 19.4 Å². The van der Waals surface area contributed by atoms with Crippen LogP contribution in [0.5, 0.6) is 0 Å². The fourth-order valence-corrected chi connectivity index (χ4v) is 3.46. The second-order valence-corrected chi connectivity index (χ2v) is 8.13. The van der Waals surface area contributed by atoms with Crippen LogP contribution >= 0.6 is 0 Å². The van der Waals surface area contributed by atoms with E-state index in [0.717, 1.165) is 29.8 Å². The SMILES string of the molecule is Nc1nc(-c2ccc(F)c(C(=O)Nc3ccc(COCc4ccccc4)c(F)c3)c2)nc(C(F)(F)F)c1N. The lowest BCUT2D eigenvalue weighted by Crippen LogP contribution is -2.16. The van der Waals surface area contributed by atoms with E-state index in [1.54, 1.807) is 0 Å². The van der Waals surface area contributed by atoms with Crippen LogP contribution in [0.4, 0.5) is 39.1 Å². The van der Waals surface area contributed by atoms with Crippen molar-refractivity contribution >= 4 is 23.1 Å².